The summed E-state index contributed by atoms with van der Waals surface area (Å²) in [5.74, 6) is 0.0977. The zero-order valence-electron chi connectivity index (χ0n) is 24.3. The molecule has 0 spiro atoms. The minimum atomic E-state index is -4.78. The second-order valence-electron chi connectivity index (χ2n) is 12.2. The molecule has 2 saturated heterocycles. The van der Waals surface area contributed by atoms with Crippen LogP contribution in [0.2, 0.25) is 0 Å². The van der Waals surface area contributed by atoms with E-state index >= 15 is 0 Å². The van der Waals surface area contributed by atoms with E-state index in [1.807, 2.05) is 4.90 Å². The maximum absolute atomic E-state index is 13.5. The molecule has 0 aliphatic carbocycles. The van der Waals surface area contributed by atoms with E-state index in [-0.39, 0.29) is 30.5 Å². The molecule has 2 fully saturated rings. The van der Waals surface area contributed by atoms with Crippen molar-refractivity contribution in [1.29, 1.82) is 0 Å². The van der Waals surface area contributed by atoms with E-state index in [1.165, 1.54) is 17.3 Å². The highest BCUT2D eigenvalue weighted by molar-refractivity contribution is 7.90. The van der Waals surface area contributed by atoms with E-state index in [1.54, 1.807) is 0 Å². The van der Waals surface area contributed by atoms with Crippen LogP contribution in [0, 0.1) is 0 Å². The first kappa shape index (κ1) is 33.7. The van der Waals surface area contributed by atoms with Crippen LogP contribution in [0.4, 0.5) is 24.5 Å². The summed E-state index contributed by atoms with van der Waals surface area (Å²) in [6.07, 6.45) is -2.36. The highest BCUT2D eigenvalue weighted by Crippen LogP contribution is 2.36. The van der Waals surface area contributed by atoms with Crippen molar-refractivity contribution in [3.63, 3.8) is 0 Å². The maximum atomic E-state index is 13.5. The molecule has 234 valence electrons. The summed E-state index contributed by atoms with van der Waals surface area (Å²) in [6, 6.07) is 11.9. The van der Waals surface area contributed by atoms with E-state index in [9.17, 15) is 26.4 Å². The van der Waals surface area contributed by atoms with Crippen LogP contribution in [-0.2, 0) is 26.2 Å². The number of alkyl halides is 3. The second-order valence-corrected chi connectivity index (χ2v) is 14.1. The average molecular weight is 611 g/mol. The first-order chi connectivity index (χ1) is 19.1. The van der Waals surface area contributed by atoms with Crippen molar-refractivity contribution in [2.45, 2.75) is 70.0 Å². The molecule has 11 heteroatoms. The van der Waals surface area contributed by atoms with Crippen LogP contribution in [-0.4, -0.2) is 82.2 Å². The molecular weight excluding hydrogens is 565 g/mol. The number of amides is 1. The Morgan fingerprint density at radius 1 is 0.929 bits per heavy atom. The smallest absolute Gasteiger partial charge is 0.382 e. The molecule has 0 saturated carbocycles. The molecule has 1 amide bonds. The molecule has 0 atom stereocenters. The van der Waals surface area contributed by atoms with Gasteiger partial charge in [-0.2, -0.15) is 13.2 Å². The van der Waals surface area contributed by atoms with Gasteiger partial charge in [-0.1, -0.05) is 40.3 Å². The number of hydrogen-bond donors (Lipinski definition) is 1. The summed E-state index contributed by atoms with van der Waals surface area (Å²) in [6.45, 7) is 12.0. The van der Waals surface area contributed by atoms with Crippen LogP contribution in [0.25, 0.3) is 0 Å². The highest BCUT2D eigenvalue weighted by Gasteiger charge is 2.36. The van der Waals surface area contributed by atoms with E-state index in [4.69, 9.17) is 0 Å². The van der Waals surface area contributed by atoms with Crippen molar-refractivity contribution >= 4 is 27.1 Å². The fraction of sp³-hybridized carbons (Fsp3) is 0.581. The normalized spacial score (nSPS) is 17.6. The van der Waals surface area contributed by atoms with Crippen molar-refractivity contribution in [1.82, 2.24) is 9.80 Å². The van der Waals surface area contributed by atoms with Gasteiger partial charge in [-0.3, -0.25) is 9.69 Å². The molecule has 2 aromatic carbocycles. The standard InChI is InChI=1S/C30H41F3N4O3S.CH4/c1-29(2,3)22-5-8-25(9-6-22)36-19-17-35(18-20-36)14-13-28(38)37-15-11-23(12-16-37)34-24-7-10-27(41(4,39)40)26(21-24)30(31,32)33;/h5-10,21,23,34H,11-20H2,1-4H3;1H4. The molecule has 0 bridgehead atoms. The monoisotopic (exact) mass is 610 g/mol. The number of halogens is 3. The summed E-state index contributed by atoms with van der Waals surface area (Å²) in [5, 5.41) is 3.10. The molecule has 7 nitrogen and oxygen atoms in total. The van der Waals surface area contributed by atoms with Gasteiger partial charge >= 0.3 is 6.18 Å². The number of carbonyl (C=O) groups is 1. The number of sulfone groups is 1. The van der Waals surface area contributed by atoms with Crippen molar-refractivity contribution in [2.24, 2.45) is 0 Å². The van der Waals surface area contributed by atoms with Gasteiger partial charge in [0.15, 0.2) is 9.84 Å². The van der Waals surface area contributed by atoms with Gasteiger partial charge in [-0.05, 0) is 54.2 Å². The minimum Gasteiger partial charge on any atom is -0.382 e. The molecule has 2 aliphatic heterocycles. The van der Waals surface area contributed by atoms with Gasteiger partial charge in [-0.15, -0.1) is 0 Å². The molecule has 0 aromatic heterocycles. The Balaban J connectivity index is 0.00000484. The number of rotatable bonds is 7. The molecule has 42 heavy (non-hydrogen) atoms. The summed E-state index contributed by atoms with van der Waals surface area (Å²) in [7, 11) is -4.02. The number of hydrogen-bond acceptors (Lipinski definition) is 6. The van der Waals surface area contributed by atoms with Gasteiger partial charge in [0.05, 0.1) is 10.5 Å². The fourth-order valence-corrected chi connectivity index (χ4v) is 6.38. The Morgan fingerprint density at radius 2 is 1.52 bits per heavy atom. The number of carbonyl (C=O) groups excluding carboxylic acids is 1. The fourth-order valence-electron chi connectivity index (χ4n) is 5.49. The topological polar surface area (TPSA) is 73.0 Å². The maximum Gasteiger partial charge on any atom is 0.417 e. The molecule has 2 heterocycles. The van der Waals surface area contributed by atoms with E-state index < -0.39 is 26.5 Å². The minimum absolute atomic E-state index is 0. The third-order valence-electron chi connectivity index (χ3n) is 8.02. The molecule has 0 unspecified atom stereocenters. The first-order valence-electron chi connectivity index (χ1n) is 14.1. The van der Waals surface area contributed by atoms with Gasteiger partial charge in [0, 0.05) is 75.9 Å². The predicted molar refractivity (Wildman–Crippen MR) is 163 cm³/mol. The van der Waals surface area contributed by atoms with Crippen LogP contribution in [0.5, 0.6) is 0 Å². The molecule has 4 rings (SSSR count). The highest BCUT2D eigenvalue weighted by atomic mass is 32.2. The van der Waals surface area contributed by atoms with Crippen molar-refractivity contribution < 1.29 is 26.4 Å². The van der Waals surface area contributed by atoms with Crippen molar-refractivity contribution in [3.05, 3.63) is 53.6 Å². The molecule has 1 N–H and O–H groups in total. The quantitative estimate of drug-likeness (QED) is 0.437. The lowest BCUT2D eigenvalue weighted by atomic mass is 9.87. The average Bonchev–Trinajstić information content (AvgIpc) is 2.91. The number of anilines is 2. The Morgan fingerprint density at radius 3 is 2.05 bits per heavy atom. The van der Waals surface area contributed by atoms with Gasteiger partial charge < -0.3 is 15.1 Å². The number of piperazine rings is 1. The molecular formula is C31H45F3N4O3S. The van der Waals surface area contributed by atoms with Crippen molar-refractivity contribution in [2.75, 3.05) is 62.3 Å². The lowest BCUT2D eigenvalue weighted by Crippen LogP contribution is -2.48. The SMILES string of the molecule is C.CC(C)(C)c1ccc(N2CCN(CCC(=O)N3CCC(Nc4ccc(S(C)(=O)=O)c(C(F)(F)F)c4)CC3)CC2)cc1. The molecule has 2 aromatic rings. The van der Waals surface area contributed by atoms with E-state index in [2.05, 4.69) is 60.2 Å². The van der Waals surface area contributed by atoms with Crippen LogP contribution in [0.1, 0.15) is 58.6 Å². The summed E-state index contributed by atoms with van der Waals surface area (Å²) in [4.78, 5) is 18.7. The number of benzene rings is 2. The number of nitrogens with one attached hydrogen (secondary N) is 1. The Labute approximate surface area is 249 Å². The molecule has 2 aliphatic rings. The summed E-state index contributed by atoms with van der Waals surface area (Å²) >= 11 is 0. The first-order valence-corrected chi connectivity index (χ1v) is 16.0. The Hall–Kier alpha value is -2.79. The number of likely N-dealkylation sites (tertiary alicyclic amines) is 1. The number of piperidine rings is 1. The van der Waals surface area contributed by atoms with Gasteiger partial charge in [0.1, 0.15) is 0 Å². The Bertz CT molecular complexity index is 1310. The van der Waals surface area contributed by atoms with Gasteiger partial charge in [-0.25, -0.2) is 8.42 Å². The van der Waals surface area contributed by atoms with Crippen LogP contribution < -0.4 is 10.2 Å². The van der Waals surface area contributed by atoms with E-state index in [0.717, 1.165) is 44.6 Å². The largest absolute Gasteiger partial charge is 0.417 e. The third-order valence-corrected chi connectivity index (χ3v) is 9.17. The Kier molecular flexibility index (Phi) is 10.6. The zero-order chi connectivity index (χ0) is 30.0. The lowest BCUT2D eigenvalue weighted by molar-refractivity contribution is -0.139. The zero-order valence-corrected chi connectivity index (χ0v) is 25.1. The van der Waals surface area contributed by atoms with E-state index in [0.29, 0.717) is 38.9 Å². The summed E-state index contributed by atoms with van der Waals surface area (Å²) < 4.78 is 64.1. The summed E-state index contributed by atoms with van der Waals surface area (Å²) in [5.41, 5.74) is 1.73. The molecule has 0 radical (unpaired) electrons. The third kappa shape index (κ3) is 8.63. The van der Waals surface area contributed by atoms with Gasteiger partial charge in [0.2, 0.25) is 5.91 Å². The predicted octanol–water partition coefficient (Wildman–Crippen LogP) is 5.66. The van der Waals surface area contributed by atoms with Crippen LogP contribution in [0.15, 0.2) is 47.4 Å². The number of nitrogens with zero attached hydrogens (tertiary/aromatic N) is 3. The lowest BCUT2D eigenvalue weighted by Gasteiger charge is -2.37. The second kappa shape index (κ2) is 13.2. The van der Waals surface area contributed by atoms with Crippen molar-refractivity contribution in [3.8, 4) is 0 Å². The van der Waals surface area contributed by atoms with Crippen LogP contribution >= 0.6 is 0 Å². The van der Waals surface area contributed by atoms with Gasteiger partial charge in [0.25, 0.3) is 0 Å². The van der Waals surface area contributed by atoms with Crippen LogP contribution in [0.3, 0.4) is 0 Å².